The van der Waals surface area contributed by atoms with Crippen molar-refractivity contribution in [1.82, 2.24) is 5.32 Å². The van der Waals surface area contributed by atoms with E-state index in [1.165, 1.54) is 5.56 Å². The van der Waals surface area contributed by atoms with Gasteiger partial charge in [-0.2, -0.15) is 0 Å². The Balaban J connectivity index is 1.46. The lowest BCUT2D eigenvalue weighted by atomic mass is 9.89. The summed E-state index contributed by atoms with van der Waals surface area (Å²) >= 11 is 0. The number of carbonyl (C=O) groups excluding carboxylic acids is 2. The number of nitrogens with one attached hydrogen (secondary N) is 2. The summed E-state index contributed by atoms with van der Waals surface area (Å²) in [4.78, 5) is 28.0. The maximum atomic E-state index is 13.1. The number of hydrogen-bond acceptors (Lipinski definition) is 3. The third kappa shape index (κ3) is 6.95. The fraction of sp³-hybridized carbons (Fsp3) is 0.333. The van der Waals surface area contributed by atoms with E-state index in [9.17, 15) is 9.59 Å². The first-order valence-corrected chi connectivity index (χ1v) is 12.6. The fourth-order valence-corrected chi connectivity index (χ4v) is 4.72. The van der Waals surface area contributed by atoms with Gasteiger partial charge in [-0.1, -0.05) is 60.7 Å². The molecule has 1 saturated heterocycles. The van der Waals surface area contributed by atoms with Crippen LogP contribution in [0.4, 0.5) is 11.4 Å². The van der Waals surface area contributed by atoms with Crippen LogP contribution in [0.1, 0.15) is 48.2 Å². The number of anilines is 2. The minimum absolute atomic E-state index is 0.0308. The molecular formula is C30H35N3O2. The maximum Gasteiger partial charge on any atom is 0.253 e. The molecule has 5 nitrogen and oxygen atoms in total. The van der Waals surface area contributed by atoms with E-state index >= 15 is 0 Å². The average molecular weight is 470 g/mol. The van der Waals surface area contributed by atoms with Gasteiger partial charge in [0.1, 0.15) is 0 Å². The van der Waals surface area contributed by atoms with Crippen LogP contribution in [0.2, 0.25) is 0 Å². The van der Waals surface area contributed by atoms with Crippen LogP contribution in [0.5, 0.6) is 0 Å². The number of hydrogen-bond donors (Lipinski definition) is 2. The number of amides is 2. The average Bonchev–Trinajstić information content (AvgIpc) is 2.85. The van der Waals surface area contributed by atoms with Gasteiger partial charge < -0.3 is 15.5 Å². The SMILES string of the molecule is CC(C)NC(=O)c1cc(NC(=O)Cc2ccccc2)ccc1N1CCC(Cc2ccccc2)CC1. The molecule has 3 aromatic rings. The van der Waals surface area contributed by atoms with Gasteiger partial charge in [0.2, 0.25) is 5.91 Å². The van der Waals surface area contributed by atoms with Crippen LogP contribution in [0.25, 0.3) is 0 Å². The molecule has 1 fully saturated rings. The molecule has 1 aliphatic heterocycles. The lowest BCUT2D eigenvalue weighted by Gasteiger charge is -2.35. The Bertz CT molecular complexity index is 1120. The van der Waals surface area contributed by atoms with Crippen molar-refractivity contribution in [3.8, 4) is 0 Å². The monoisotopic (exact) mass is 469 g/mol. The molecule has 1 aliphatic rings. The molecule has 35 heavy (non-hydrogen) atoms. The third-order valence-electron chi connectivity index (χ3n) is 6.47. The number of rotatable bonds is 8. The predicted octanol–water partition coefficient (Wildman–Crippen LogP) is 5.47. The molecule has 182 valence electrons. The normalized spacial score (nSPS) is 14.1. The molecule has 0 aromatic heterocycles. The molecule has 1 heterocycles. The summed E-state index contributed by atoms with van der Waals surface area (Å²) in [6.45, 7) is 5.74. The minimum Gasteiger partial charge on any atom is -0.371 e. The lowest BCUT2D eigenvalue weighted by Crippen LogP contribution is -2.37. The van der Waals surface area contributed by atoms with Gasteiger partial charge in [0.25, 0.3) is 5.91 Å². The highest BCUT2D eigenvalue weighted by Crippen LogP contribution is 2.30. The summed E-state index contributed by atoms with van der Waals surface area (Å²) in [5, 5.41) is 5.99. The van der Waals surface area contributed by atoms with Crippen molar-refractivity contribution in [2.45, 2.75) is 45.6 Å². The topological polar surface area (TPSA) is 61.4 Å². The van der Waals surface area contributed by atoms with E-state index in [1.54, 1.807) is 0 Å². The summed E-state index contributed by atoms with van der Waals surface area (Å²) in [5.74, 6) is 0.444. The molecule has 0 bridgehead atoms. The molecule has 0 aliphatic carbocycles. The van der Waals surface area contributed by atoms with E-state index in [2.05, 4.69) is 45.9 Å². The van der Waals surface area contributed by atoms with Crippen molar-refractivity contribution >= 4 is 23.2 Å². The molecule has 2 N–H and O–H groups in total. The van der Waals surface area contributed by atoms with Gasteiger partial charge in [0.05, 0.1) is 12.0 Å². The quantitative estimate of drug-likeness (QED) is 0.460. The lowest BCUT2D eigenvalue weighted by molar-refractivity contribution is -0.115. The van der Waals surface area contributed by atoms with Crippen LogP contribution in [-0.4, -0.2) is 30.9 Å². The summed E-state index contributed by atoms with van der Waals surface area (Å²) in [7, 11) is 0. The molecule has 4 rings (SSSR count). The first-order chi connectivity index (χ1) is 17.0. The van der Waals surface area contributed by atoms with Crippen LogP contribution in [-0.2, 0) is 17.6 Å². The van der Waals surface area contributed by atoms with Crippen LogP contribution < -0.4 is 15.5 Å². The third-order valence-corrected chi connectivity index (χ3v) is 6.47. The van der Waals surface area contributed by atoms with Crippen molar-refractivity contribution in [3.05, 3.63) is 95.6 Å². The van der Waals surface area contributed by atoms with E-state index in [1.807, 2.05) is 62.4 Å². The number of carbonyl (C=O) groups is 2. The maximum absolute atomic E-state index is 13.1. The van der Waals surface area contributed by atoms with Gasteiger partial charge in [0.15, 0.2) is 0 Å². The molecule has 0 saturated carbocycles. The van der Waals surface area contributed by atoms with Crippen LogP contribution in [0, 0.1) is 5.92 Å². The highest BCUT2D eigenvalue weighted by atomic mass is 16.2. The van der Waals surface area contributed by atoms with Gasteiger partial charge in [0, 0.05) is 30.5 Å². The van der Waals surface area contributed by atoms with Crippen molar-refractivity contribution < 1.29 is 9.59 Å². The minimum atomic E-state index is -0.111. The van der Waals surface area contributed by atoms with Crippen LogP contribution >= 0.6 is 0 Å². The largest absolute Gasteiger partial charge is 0.371 e. The van der Waals surface area contributed by atoms with E-state index < -0.39 is 0 Å². The highest BCUT2D eigenvalue weighted by molar-refractivity contribution is 6.02. The van der Waals surface area contributed by atoms with Crippen LogP contribution in [0.3, 0.4) is 0 Å². The van der Waals surface area contributed by atoms with Crippen LogP contribution in [0.15, 0.2) is 78.9 Å². The van der Waals surface area contributed by atoms with E-state index in [-0.39, 0.29) is 17.9 Å². The smallest absolute Gasteiger partial charge is 0.253 e. The Morgan fingerprint density at radius 2 is 1.51 bits per heavy atom. The predicted molar refractivity (Wildman–Crippen MR) is 143 cm³/mol. The fourth-order valence-electron chi connectivity index (χ4n) is 4.72. The molecule has 3 aromatic carbocycles. The Hall–Kier alpha value is -3.60. The second-order valence-electron chi connectivity index (χ2n) is 9.69. The van der Waals surface area contributed by atoms with Crippen molar-refractivity contribution in [1.29, 1.82) is 0 Å². The molecule has 0 unspecified atom stereocenters. The summed E-state index contributed by atoms with van der Waals surface area (Å²) in [6.07, 6.45) is 3.58. The molecule has 2 amide bonds. The highest BCUT2D eigenvalue weighted by Gasteiger charge is 2.24. The number of nitrogens with zero attached hydrogens (tertiary/aromatic N) is 1. The zero-order chi connectivity index (χ0) is 24.6. The zero-order valence-electron chi connectivity index (χ0n) is 20.7. The molecular weight excluding hydrogens is 434 g/mol. The van der Waals surface area contributed by atoms with E-state index in [4.69, 9.17) is 0 Å². The van der Waals surface area contributed by atoms with Gasteiger partial charge in [-0.15, -0.1) is 0 Å². The molecule has 0 radical (unpaired) electrons. The Kier molecular flexibility index (Phi) is 8.19. The van der Waals surface area contributed by atoms with Gasteiger partial charge in [-0.25, -0.2) is 0 Å². The Labute approximate surface area is 208 Å². The van der Waals surface area contributed by atoms with Gasteiger partial charge >= 0.3 is 0 Å². The number of piperidine rings is 1. The summed E-state index contributed by atoms with van der Waals surface area (Å²) in [5.41, 5.74) is 4.53. The standard InChI is InChI=1S/C30H35N3O2/c1-22(2)31-30(35)27-21-26(32-29(34)20-24-11-7-4-8-12-24)13-14-28(27)33-17-15-25(16-18-33)19-23-9-5-3-6-10-23/h3-14,21-22,25H,15-20H2,1-2H3,(H,31,35)(H,32,34). The summed E-state index contributed by atoms with van der Waals surface area (Å²) < 4.78 is 0. The zero-order valence-corrected chi connectivity index (χ0v) is 20.7. The first kappa shape index (κ1) is 24.5. The Morgan fingerprint density at radius 1 is 0.886 bits per heavy atom. The summed E-state index contributed by atoms with van der Waals surface area (Å²) in [6, 6.07) is 26.0. The Morgan fingerprint density at radius 3 is 2.14 bits per heavy atom. The molecule has 5 heteroatoms. The second kappa shape index (κ2) is 11.7. The van der Waals surface area contributed by atoms with Crippen molar-refractivity contribution in [2.24, 2.45) is 5.92 Å². The van der Waals surface area contributed by atoms with Gasteiger partial charge in [-0.05, 0) is 68.4 Å². The molecule has 0 atom stereocenters. The van der Waals surface area contributed by atoms with Gasteiger partial charge in [-0.3, -0.25) is 9.59 Å². The van der Waals surface area contributed by atoms with Crippen molar-refractivity contribution in [2.75, 3.05) is 23.3 Å². The van der Waals surface area contributed by atoms with E-state index in [0.29, 0.717) is 23.6 Å². The van der Waals surface area contributed by atoms with Crippen molar-refractivity contribution in [3.63, 3.8) is 0 Å². The molecule has 0 spiro atoms. The number of benzene rings is 3. The van der Waals surface area contributed by atoms with E-state index in [0.717, 1.165) is 43.6 Å². The first-order valence-electron chi connectivity index (χ1n) is 12.6. The second-order valence-corrected chi connectivity index (χ2v) is 9.69.